The normalized spacial score (nSPS) is 14.3. The first-order valence-electron chi connectivity index (χ1n) is 8.46. The van der Waals surface area contributed by atoms with E-state index in [1.165, 1.54) is 6.92 Å². The number of hydrogen-bond acceptors (Lipinski definition) is 4. The molecule has 2 aromatic rings. The van der Waals surface area contributed by atoms with Crippen LogP contribution in [0.15, 0.2) is 30.3 Å². The molecule has 128 valence electrons. The van der Waals surface area contributed by atoms with Gasteiger partial charge in [0.15, 0.2) is 5.78 Å². The average Bonchev–Trinajstić information content (AvgIpc) is 3.24. The number of carbonyl (C=O) groups is 2. The van der Waals surface area contributed by atoms with E-state index >= 15 is 0 Å². The van der Waals surface area contributed by atoms with Gasteiger partial charge in [-0.25, -0.2) is 0 Å². The van der Waals surface area contributed by atoms with Gasteiger partial charge in [-0.05, 0) is 37.3 Å². The maximum Gasteiger partial charge on any atom is 0.228 e. The zero-order valence-electron chi connectivity index (χ0n) is 14.1. The summed E-state index contributed by atoms with van der Waals surface area (Å²) in [6, 6.07) is 8.97. The fraction of sp³-hybridized carbons (Fsp3) is 0.300. The monoisotopic (exact) mass is 337 g/mol. The van der Waals surface area contributed by atoms with Crippen LogP contribution in [0.5, 0.6) is 11.5 Å². The van der Waals surface area contributed by atoms with E-state index in [2.05, 4.69) is 5.32 Å². The molecule has 0 saturated heterocycles. The van der Waals surface area contributed by atoms with Crippen molar-refractivity contribution >= 4 is 17.4 Å². The molecular formula is C20H19NO4. The number of benzene rings is 2. The second-order valence-electron chi connectivity index (χ2n) is 6.38. The zero-order chi connectivity index (χ0) is 17.4. The standard InChI is InChI=1S/C20H19NO4/c1-12(22)13-2-4-15(5-3-13)21-19(23)11-17-16-7-9-24-18(16)10-14-6-8-25-20(14)17/h2-5,10H,6-9,11H2,1H3,(H,21,23). The number of ether oxygens (including phenoxy) is 2. The summed E-state index contributed by atoms with van der Waals surface area (Å²) in [4.78, 5) is 23.8. The minimum Gasteiger partial charge on any atom is -0.493 e. The molecule has 5 heteroatoms. The molecule has 0 aliphatic carbocycles. The van der Waals surface area contributed by atoms with Crippen LogP contribution in [0.3, 0.4) is 0 Å². The van der Waals surface area contributed by atoms with Gasteiger partial charge in [-0.1, -0.05) is 0 Å². The summed E-state index contributed by atoms with van der Waals surface area (Å²) in [5, 5.41) is 2.89. The van der Waals surface area contributed by atoms with Crippen molar-refractivity contribution in [1.29, 1.82) is 0 Å². The third-order valence-electron chi connectivity index (χ3n) is 4.67. The summed E-state index contributed by atoms with van der Waals surface area (Å²) in [6.07, 6.45) is 1.92. The Kier molecular flexibility index (Phi) is 3.92. The molecule has 0 radical (unpaired) electrons. The highest BCUT2D eigenvalue weighted by Crippen LogP contribution is 2.40. The Morgan fingerprint density at radius 3 is 2.60 bits per heavy atom. The number of rotatable bonds is 4. The van der Waals surface area contributed by atoms with Crippen molar-refractivity contribution in [2.45, 2.75) is 26.2 Å². The van der Waals surface area contributed by atoms with E-state index in [0.29, 0.717) is 24.5 Å². The minimum atomic E-state index is -0.103. The molecule has 2 aromatic carbocycles. The number of fused-ring (bicyclic) bond motifs is 2. The number of hydrogen-bond donors (Lipinski definition) is 1. The van der Waals surface area contributed by atoms with Gasteiger partial charge in [0.05, 0.1) is 19.6 Å². The summed E-state index contributed by atoms with van der Waals surface area (Å²) >= 11 is 0. The third-order valence-corrected chi connectivity index (χ3v) is 4.67. The van der Waals surface area contributed by atoms with Gasteiger partial charge in [-0.3, -0.25) is 9.59 Å². The van der Waals surface area contributed by atoms with Gasteiger partial charge >= 0.3 is 0 Å². The van der Waals surface area contributed by atoms with Crippen LogP contribution in [-0.2, 0) is 24.1 Å². The molecule has 5 nitrogen and oxygen atoms in total. The highest BCUT2D eigenvalue weighted by molar-refractivity contribution is 5.96. The van der Waals surface area contributed by atoms with E-state index in [0.717, 1.165) is 41.0 Å². The van der Waals surface area contributed by atoms with Crippen LogP contribution in [0.1, 0.15) is 34.0 Å². The van der Waals surface area contributed by atoms with E-state index < -0.39 is 0 Å². The molecule has 0 fully saturated rings. The maximum atomic E-state index is 12.5. The van der Waals surface area contributed by atoms with E-state index in [9.17, 15) is 9.59 Å². The van der Waals surface area contributed by atoms with E-state index in [1.807, 2.05) is 6.07 Å². The Labute approximate surface area is 145 Å². The van der Waals surface area contributed by atoms with Crippen molar-refractivity contribution in [1.82, 2.24) is 0 Å². The second-order valence-corrected chi connectivity index (χ2v) is 6.38. The predicted octanol–water partition coefficient (Wildman–Crippen LogP) is 2.94. The molecule has 2 aliphatic rings. The number of nitrogens with one attached hydrogen (secondary N) is 1. The second kappa shape index (κ2) is 6.24. The molecule has 0 spiro atoms. The Balaban J connectivity index is 1.54. The summed E-state index contributed by atoms with van der Waals surface area (Å²) in [5.41, 5.74) is 4.45. The lowest BCUT2D eigenvalue weighted by Crippen LogP contribution is -2.16. The van der Waals surface area contributed by atoms with Crippen LogP contribution < -0.4 is 14.8 Å². The molecule has 25 heavy (non-hydrogen) atoms. The zero-order valence-corrected chi connectivity index (χ0v) is 14.1. The van der Waals surface area contributed by atoms with E-state index in [-0.39, 0.29) is 18.1 Å². The molecular weight excluding hydrogens is 318 g/mol. The molecule has 0 unspecified atom stereocenters. The van der Waals surface area contributed by atoms with Crippen molar-refractivity contribution in [3.8, 4) is 11.5 Å². The van der Waals surface area contributed by atoms with Crippen LogP contribution in [-0.4, -0.2) is 24.9 Å². The molecule has 2 heterocycles. The first kappa shape index (κ1) is 15.7. The molecule has 0 atom stereocenters. The number of Topliss-reactive ketones (excluding diaryl/α,β-unsaturated/α-hetero) is 1. The lowest BCUT2D eigenvalue weighted by Gasteiger charge is -2.13. The number of ketones is 1. The molecule has 2 aliphatic heterocycles. The predicted molar refractivity (Wildman–Crippen MR) is 93.6 cm³/mol. The Morgan fingerprint density at radius 1 is 1.08 bits per heavy atom. The van der Waals surface area contributed by atoms with Gasteiger partial charge < -0.3 is 14.8 Å². The highest BCUT2D eigenvalue weighted by atomic mass is 16.5. The Morgan fingerprint density at radius 2 is 1.84 bits per heavy atom. The van der Waals surface area contributed by atoms with Crippen LogP contribution in [0, 0.1) is 0 Å². The van der Waals surface area contributed by atoms with Gasteiger partial charge in [-0.15, -0.1) is 0 Å². The van der Waals surface area contributed by atoms with Gasteiger partial charge in [0.25, 0.3) is 0 Å². The summed E-state index contributed by atoms with van der Waals surface area (Å²) in [7, 11) is 0. The average molecular weight is 337 g/mol. The molecule has 1 N–H and O–H groups in total. The summed E-state index contributed by atoms with van der Waals surface area (Å²) in [6.45, 7) is 2.82. The molecule has 0 saturated carbocycles. The first-order valence-corrected chi connectivity index (χ1v) is 8.46. The lowest BCUT2D eigenvalue weighted by atomic mass is 9.97. The van der Waals surface area contributed by atoms with Gasteiger partial charge in [0.2, 0.25) is 5.91 Å². The SMILES string of the molecule is CC(=O)c1ccc(NC(=O)Cc2c3c(cc4c2OCC4)OCC3)cc1. The number of carbonyl (C=O) groups excluding carboxylic acids is 2. The van der Waals surface area contributed by atoms with Crippen molar-refractivity contribution in [3.05, 3.63) is 52.6 Å². The molecule has 4 rings (SSSR count). The lowest BCUT2D eigenvalue weighted by molar-refractivity contribution is -0.115. The molecule has 0 bridgehead atoms. The van der Waals surface area contributed by atoms with E-state index in [4.69, 9.17) is 9.47 Å². The largest absolute Gasteiger partial charge is 0.493 e. The van der Waals surface area contributed by atoms with Crippen molar-refractivity contribution in [2.75, 3.05) is 18.5 Å². The first-order chi connectivity index (χ1) is 12.1. The third kappa shape index (κ3) is 2.97. The van der Waals surface area contributed by atoms with Gasteiger partial charge in [0, 0.05) is 40.8 Å². The summed E-state index contributed by atoms with van der Waals surface area (Å²) < 4.78 is 11.5. The summed E-state index contributed by atoms with van der Waals surface area (Å²) in [5.74, 6) is 1.64. The fourth-order valence-corrected chi connectivity index (χ4v) is 3.43. The Bertz CT molecular complexity index is 823. The van der Waals surface area contributed by atoms with Crippen LogP contribution in [0.2, 0.25) is 0 Å². The minimum absolute atomic E-state index is 0.00503. The van der Waals surface area contributed by atoms with Crippen LogP contribution in [0.25, 0.3) is 0 Å². The van der Waals surface area contributed by atoms with Crippen molar-refractivity contribution in [2.24, 2.45) is 0 Å². The number of amides is 1. The van der Waals surface area contributed by atoms with Crippen molar-refractivity contribution in [3.63, 3.8) is 0 Å². The number of anilines is 1. The van der Waals surface area contributed by atoms with Crippen molar-refractivity contribution < 1.29 is 19.1 Å². The molecule has 0 aromatic heterocycles. The molecule has 1 amide bonds. The van der Waals surface area contributed by atoms with E-state index in [1.54, 1.807) is 24.3 Å². The smallest absolute Gasteiger partial charge is 0.228 e. The van der Waals surface area contributed by atoms with Gasteiger partial charge in [0.1, 0.15) is 11.5 Å². The van der Waals surface area contributed by atoms with Gasteiger partial charge in [-0.2, -0.15) is 0 Å². The highest BCUT2D eigenvalue weighted by Gasteiger charge is 2.27. The fourth-order valence-electron chi connectivity index (χ4n) is 3.43. The topological polar surface area (TPSA) is 64.6 Å². The van der Waals surface area contributed by atoms with Crippen LogP contribution in [0.4, 0.5) is 5.69 Å². The Hall–Kier alpha value is -2.82. The van der Waals surface area contributed by atoms with Crippen LogP contribution >= 0.6 is 0 Å². The maximum absolute atomic E-state index is 12.5. The quantitative estimate of drug-likeness (QED) is 0.871.